The van der Waals surface area contributed by atoms with E-state index in [2.05, 4.69) is 44.2 Å². The van der Waals surface area contributed by atoms with Crippen molar-refractivity contribution in [1.29, 1.82) is 0 Å². The fourth-order valence-corrected chi connectivity index (χ4v) is 3.82. The van der Waals surface area contributed by atoms with Crippen molar-refractivity contribution in [2.24, 2.45) is 11.8 Å². The molecule has 1 saturated carbocycles. The molecule has 0 heterocycles. The largest absolute Gasteiger partial charge is 0.388 e. The predicted octanol–water partition coefficient (Wildman–Crippen LogP) is 4.98. The van der Waals surface area contributed by atoms with Crippen molar-refractivity contribution in [3.05, 3.63) is 47.0 Å². The molecule has 0 spiro atoms. The van der Waals surface area contributed by atoms with Crippen LogP contribution in [0.3, 0.4) is 0 Å². The summed E-state index contributed by atoms with van der Waals surface area (Å²) in [4.78, 5) is 0. The Balaban J connectivity index is 1.70. The van der Waals surface area contributed by atoms with Gasteiger partial charge in [0.05, 0.1) is 6.10 Å². The maximum Gasteiger partial charge on any atom is 0.0821 e. The van der Waals surface area contributed by atoms with Gasteiger partial charge in [0, 0.05) is 0 Å². The second-order valence-electron chi connectivity index (χ2n) is 6.93. The highest BCUT2D eigenvalue weighted by Gasteiger charge is 2.26. The molecule has 108 valence electrons. The van der Waals surface area contributed by atoms with Gasteiger partial charge in [-0.25, -0.2) is 0 Å². The molecule has 20 heavy (non-hydrogen) atoms. The van der Waals surface area contributed by atoms with Gasteiger partial charge in [-0.3, -0.25) is 0 Å². The molecule has 0 amide bonds. The van der Waals surface area contributed by atoms with E-state index in [1.165, 1.54) is 30.4 Å². The first kappa shape index (κ1) is 13.9. The smallest absolute Gasteiger partial charge is 0.0821 e. The van der Waals surface area contributed by atoms with Gasteiger partial charge in [0.25, 0.3) is 0 Å². The van der Waals surface area contributed by atoms with Crippen LogP contribution in [-0.2, 0) is 0 Å². The minimum absolute atomic E-state index is 0.309. The van der Waals surface area contributed by atoms with E-state index in [0.717, 1.165) is 24.3 Å². The van der Waals surface area contributed by atoms with Gasteiger partial charge in [-0.2, -0.15) is 0 Å². The van der Waals surface area contributed by atoms with E-state index in [4.69, 9.17) is 0 Å². The van der Waals surface area contributed by atoms with Crippen LogP contribution >= 0.6 is 0 Å². The number of hydrogen-bond donors (Lipinski definition) is 1. The highest BCUT2D eigenvalue weighted by molar-refractivity contribution is 5.28. The summed E-state index contributed by atoms with van der Waals surface area (Å²) in [5.74, 6) is 1.75. The van der Waals surface area contributed by atoms with Crippen molar-refractivity contribution >= 4 is 0 Å². The summed E-state index contributed by atoms with van der Waals surface area (Å²) in [6, 6.07) is 8.77. The van der Waals surface area contributed by atoms with Crippen molar-refractivity contribution < 1.29 is 5.11 Å². The molecule has 1 N–H and O–H groups in total. The third-order valence-electron chi connectivity index (χ3n) is 5.13. The fraction of sp³-hybridized carbons (Fsp3) is 0.579. The lowest BCUT2D eigenvalue weighted by atomic mass is 9.77. The number of rotatable bonds is 3. The summed E-state index contributed by atoms with van der Waals surface area (Å²) in [6.07, 6.45) is 8.23. The zero-order valence-corrected chi connectivity index (χ0v) is 12.7. The van der Waals surface area contributed by atoms with Crippen LogP contribution in [0.2, 0.25) is 0 Å². The van der Waals surface area contributed by atoms with Gasteiger partial charge in [0.1, 0.15) is 0 Å². The van der Waals surface area contributed by atoms with Crippen molar-refractivity contribution in [3.63, 3.8) is 0 Å². The Kier molecular flexibility index (Phi) is 3.98. The number of benzene rings is 1. The molecule has 0 saturated heterocycles. The van der Waals surface area contributed by atoms with E-state index in [1.54, 1.807) is 0 Å². The Morgan fingerprint density at radius 1 is 1.15 bits per heavy atom. The van der Waals surface area contributed by atoms with Crippen LogP contribution in [-0.4, -0.2) is 5.11 Å². The van der Waals surface area contributed by atoms with Crippen LogP contribution in [0.5, 0.6) is 0 Å². The monoisotopic (exact) mass is 270 g/mol. The van der Waals surface area contributed by atoms with Crippen LogP contribution in [0, 0.1) is 11.8 Å². The summed E-state index contributed by atoms with van der Waals surface area (Å²) in [6.45, 7) is 4.44. The molecule has 0 bridgehead atoms. The Bertz CT molecular complexity index is 481. The first-order chi connectivity index (χ1) is 9.63. The fourth-order valence-electron chi connectivity index (χ4n) is 3.82. The zero-order chi connectivity index (χ0) is 14.1. The molecule has 2 aliphatic rings. The molecule has 3 unspecified atom stereocenters. The molecule has 3 rings (SSSR count). The molecule has 1 nitrogen and oxygen atoms in total. The van der Waals surface area contributed by atoms with Gasteiger partial charge >= 0.3 is 0 Å². The van der Waals surface area contributed by atoms with Gasteiger partial charge in [0.2, 0.25) is 0 Å². The second-order valence-corrected chi connectivity index (χ2v) is 6.93. The highest BCUT2D eigenvalue weighted by atomic mass is 16.3. The summed E-state index contributed by atoms with van der Waals surface area (Å²) in [5, 5.41) is 10.7. The van der Waals surface area contributed by atoms with Crippen molar-refractivity contribution in [1.82, 2.24) is 0 Å². The summed E-state index contributed by atoms with van der Waals surface area (Å²) in [7, 11) is 0. The van der Waals surface area contributed by atoms with E-state index in [1.807, 2.05) is 0 Å². The Labute approximate surface area is 122 Å². The average Bonchev–Trinajstić information content (AvgIpc) is 2.35. The first-order valence-corrected chi connectivity index (χ1v) is 8.08. The van der Waals surface area contributed by atoms with Gasteiger partial charge in [-0.05, 0) is 61.5 Å². The molecule has 2 aliphatic carbocycles. The van der Waals surface area contributed by atoms with Gasteiger partial charge < -0.3 is 5.11 Å². The van der Waals surface area contributed by atoms with Crippen LogP contribution in [0.4, 0.5) is 0 Å². The quantitative estimate of drug-likeness (QED) is 0.768. The molecular weight excluding hydrogens is 244 g/mol. The number of aliphatic hydroxyl groups excluding tert-OH is 1. The molecule has 0 radical (unpaired) electrons. The first-order valence-electron chi connectivity index (χ1n) is 8.08. The molecule has 1 heteroatoms. The summed E-state index contributed by atoms with van der Waals surface area (Å²) >= 11 is 0. The number of aliphatic hydroxyl groups is 1. The maximum atomic E-state index is 10.7. The topological polar surface area (TPSA) is 20.2 Å². The van der Waals surface area contributed by atoms with Gasteiger partial charge in [-0.15, -0.1) is 0 Å². The minimum atomic E-state index is -0.309. The SMILES string of the molecule is CC1=CC(C)CC(C(O)c2ccc(C3CCC3)cc2)C1. The maximum absolute atomic E-state index is 10.7. The average molecular weight is 270 g/mol. The summed E-state index contributed by atoms with van der Waals surface area (Å²) in [5.41, 5.74) is 3.99. The van der Waals surface area contributed by atoms with E-state index in [0.29, 0.717) is 11.8 Å². The Morgan fingerprint density at radius 3 is 2.40 bits per heavy atom. The minimum Gasteiger partial charge on any atom is -0.388 e. The Morgan fingerprint density at radius 2 is 1.85 bits per heavy atom. The third-order valence-corrected chi connectivity index (χ3v) is 5.13. The van der Waals surface area contributed by atoms with Crippen LogP contribution in [0.15, 0.2) is 35.9 Å². The van der Waals surface area contributed by atoms with Gasteiger partial charge in [-0.1, -0.05) is 49.3 Å². The zero-order valence-electron chi connectivity index (χ0n) is 12.7. The molecule has 0 aromatic heterocycles. The lowest BCUT2D eigenvalue weighted by Gasteiger charge is -2.30. The predicted molar refractivity (Wildman–Crippen MR) is 83.6 cm³/mol. The normalized spacial score (nSPS) is 28.6. The molecule has 0 aliphatic heterocycles. The molecular formula is C19H26O. The van der Waals surface area contributed by atoms with E-state index in [-0.39, 0.29) is 6.10 Å². The molecule has 3 atom stereocenters. The Hall–Kier alpha value is -1.08. The lowest BCUT2D eigenvalue weighted by Crippen LogP contribution is -2.19. The van der Waals surface area contributed by atoms with E-state index >= 15 is 0 Å². The number of allylic oxidation sites excluding steroid dienone is 2. The highest BCUT2D eigenvalue weighted by Crippen LogP contribution is 2.39. The molecule has 1 aromatic carbocycles. The standard InChI is InChI=1S/C19H26O/c1-13-10-14(2)12-18(11-13)19(20)17-8-6-16(7-9-17)15-4-3-5-15/h6-10,13,15,18-20H,3-5,11-12H2,1-2H3. The van der Waals surface area contributed by atoms with Crippen molar-refractivity contribution in [3.8, 4) is 0 Å². The van der Waals surface area contributed by atoms with Gasteiger partial charge in [0.15, 0.2) is 0 Å². The lowest BCUT2D eigenvalue weighted by molar-refractivity contribution is 0.0932. The molecule has 1 aromatic rings. The van der Waals surface area contributed by atoms with Crippen LogP contribution in [0.1, 0.15) is 69.1 Å². The second kappa shape index (κ2) is 5.73. The summed E-state index contributed by atoms with van der Waals surface area (Å²) < 4.78 is 0. The third kappa shape index (κ3) is 2.83. The van der Waals surface area contributed by atoms with Crippen LogP contribution < -0.4 is 0 Å². The van der Waals surface area contributed by atoms with E-state index < -0.39 is 0 Å². The van der Waals surface area contributed by atoms with Crippen LogP contribution in [0.25, 0.3) is 0 Å². The van der Waals surface area contributed by atoms with E-state index in [9.17, 15) is 5.11 Å². The molecule has 1 fully saturated rings. The van der Waals surface area contributed by atoms with Crippen molar-refractivity contribution in [2.45, 2.75) is 58.0 Å². The van der Waals surface area contributed by atoms with Crippen molar-refractivity contribution in [2.75, 3.05) is 0 Å². The number of hydrogen-bond acceptors (Lipinski definition) is 1.